The van der Waals surface area contributed by atoms with Crippen LogP contribution in [0.1, 0.15) is 55.1 Å². The van der Waals surface area contributed by atoms with E-state index in [1.807, 2.05) is 4.90 Å². The summed E-state index contributed by atoms with van der Waals surface area (Å²) in [5.74, 6) is -0.569. The second-order valence-corrected chi connectivity index (χ2v) is 11.6. The molecule has 0 bridgehead atoms. The fraction of sp³-hybridized carbons (Fsp3) is 0.444. The summed E-state index contributed by atoms with van der Waals surface area (Å²) >= 11 is 3.22. The summed E-state index contributed by atoms with van der Waals surface area (Å²) in [4.78, 5) is 37.7. The molecule has 2 fully saturated rings. The van der Waals surface area contributed by atoms with E-state index in [0.717, 1.165) is 37.1 Å². The molecule has 0 unspecified atom stereocenters. The summed E-state index contributed by atoms with van der Waals surface area (Å²) in [5.41, 5.74) is -0.764. The van der Waals surface area contributed by atoms with E-state index in [0.29, 0.717) is 44.7 Å². The van der Waals surface area contributed by atoms with Crippen LogP contribution in [0.25, 0.3) is 0 Å². The molecular weight excluding hydrogens is 533 g/mol. The molecule has 2 aliphatic rings. The van der Waals surface area contributed by atoms with E-state index in [1.54, 1.807) is 16.7 Å². The largest absolute Gasteiger partial charge is 0.417 e. The van der Waals surface area contributed by atoms with E-state index in [4.69, 9.17) is 0 Å². The van der Waals surface area contributed by atoms with Gasteiger partial charge in [0.2, 0.25) is 0 Å². The summed E-state index contributed by atoms with van der Waals surface area (Å²) < 4.78 is 40.1. The van der Waals surface area contributed by atoms with Crippen LogP contribution in [0.4, 0.5) is 13.2 Å². The number of piperidine rings is 1. The van der Waals surface area contributed by atoms with Gasteiger partial charge in [-0.15, -0.1) is 22.7 Å². The lowest BCUT2D eigenvalue weighted by Crippen LogP contribution is -2.49. The Kier molecular flexibility index (Phi) is 8.15. The molecular formula is C27H29F3N4O2S2. The number of alkyl halides is 3. The third-order valence-electron chi connectivity index (χ3n) is 7.25. The van der Waals surface area contributed by atoms with E-state index in [9.17, 15) is 22.8 Å². The standard InChI is InChI=1S/C27H29F3N4O2S2/c28-27(29,30)22-6-2-1-5-21(22)25(35)33-11-7-19(8-12-33)24-31-23(18-38-24)26(36)34-15-13-32(14-16-34)10-9-20-4-3-17-37-20/h1-6,17-19H,7-16H2. The highest BCUT2D eigenvalue weighted by Gasteiger charge is 2.37. The van der Waals surface area contributed by atoms with Crippen LogP contribution in [0.5, 0.6) is 0 Å². The lowest BCUT2D eigenvalue weighted by molar-refractivity contribution is -0.138. The summed E-state index contributed by atoms with van der Waals surface area (Å²) in [6.07, 6.45) is -2.35. The van der Waals surface area contributed by atoms with Crippen molar-refractivity contribution in [1.82, 2.24) is 19.7 Å². The maximum atomic E-state index is 13.4. The summed E-state index contributed by atoms with van der Waals surface area (Å²) in [6, 6.07) is 9.14. The van der Waals surface area contributed by atoms with E-state index >= 15 is 0 Å². The van der Waals surface area contributed by atoms with Gasteiger partial charge in [0.25, 0.3) is 11.8 Å². The first-order chi connectivity index (χ1) is 18.3. The number of amides is 2. The highest BCUT2D eigenvalue weighted by Crippen LogP contribution is 2.34. The lowest BCUT2D eigenvalue weighted by atomic mass is 9.96. The molecule has 5 rings (SSSR count). The number of piperazine rings is 1. The van der Waals surface area contributed by atoms with Crippen molar-refractivity contribution in [3.63, 3.8) is 0 Å². The third-order valence-corrected chi connectivity index (χ3v) is 9.19. The van der Waals surface area contributed by atoms with E-state index in [1.165, 1.54) is 39.3 Å². The molecule has 6 nitrogen and oxygen atoms in total. The number of aromatic nitrogens is 1. The maximum Gasteiger partial charge on any atom is 0.417 e. The van der Waals surface area contributed by atoms with Crippen molar-refractivity contribution >= 4 is 34.5 Å². The predicted octanol–water partition coefficient (Wildman–Crippen LogP) is 5.24. The minimum atomic E-state index is -4.58. The van der Waals surface area contributed by atoms with Gasteiger partial charge in [-0.05, 0) is 42.8 Å². The van der Waals surface area contributed by atoms with Crippen LogP contribution in [0, 0.1) is 0 Å². The molecule has 38 heavy (non-hydrogen) atoms. The molecule has 2 aliphatic heterocycles. The van der Waals surface area contributed by atoms with E-state index in [2.05, 4.69) is 27.4 Å². The van der Waals surface area contributed by atoms with Gasteiger partial charge in [0.1, 0.15) is 5.69 Å². The molecule has 2 amide bonds. The molecule has 0 atom stereocenters. The van der Waals surface area contributed by atoms with Crippen molar-refractivity contribution in [3.05, 3.63) is 73.9 Å². The molecule has 2 saturated heterocycles. The van der Waals surface area contributed by atoms with Crippen LogP contribution in [0.2, 0.25) is 0 Å². The third kappa shape index (κ3) is 6.10. The van der Waals surface area contributed by atoms with Crippen LogP contribution in [0.3, 0.4) is 0 Å². The van der Waals surface area contributed by atoms with Crippen LogP contribution in [0.15, 0.2) is 47.2 Å². The SMILES string of the molecule is O=C(c1csc(C2CCN(C(=O)c3ccccc3C(F)(F)F)CC2)n1)N1CCN(CCc2cccs2)CC1. The number of halogens is 3. The van der Waals surface area contributed by atoms with Crippen molar-refractivity contribution < 1.29 is 22.8 Å². The Labute approximate surface area is 227 Å². The van der Waals surface area contributed by atoms with E-state index < -0.39 is 17.6 Å². The molecule has 1 aromatic carbocycles. The Bertz CT molecular complexity index is 1250. The average molecular weight is 563 g/mol. The highest BCUT2D eigenvalue weighted by atomic mass is 32.1. The van der Waals surface area contributed by atoms with Crippen LogP contribution < -0.4 is 0 Å². The lowest BCUT2D eigenvalue weighted by Gasteiger charge is -2.34. The number of likely N-dealkylation sites (tertiary alicyclic amines) is 1. The number of rotatable bonds is 6. The molecule has 0 saturated carbocycles. The molecule has 2 aromatic heterocycles. The van der Waals surface area contributed by atoms with Gasteiger partial charge in [0.15, 0.2) is 0 Å². The zero-order valence-corrected chi connectivity index (χ0v) is 22.5. The molecule has 4 heterocycles. The van der Waals surface area contributed by atoms with Crippen molar-refractivity contribution in [3.8, 4) is 0 Å². The number of thiazole rings is 1. The topological polar surface area (TPSA) is 56.8 Å². The van der Waals surface area contributed by atoms with Gasteiger partial charge >= 0.3 is 6.18 Å². The number of benzene rings is 1. The molecule has 0 N–H and O–H groups in total. The number of carbonyl (C=O) groups is 2. The van der Waals surface area contributed by atoms with Gasteiger partial charge in [-0.25, -0.2) is 4.98 Å². The molecule has 202 valence electrons. The van der Waals surface area contributed by atoms with Crippen molar-refractivity contribution in [2.75, 3.05) is 45.8 Å². The molecule has 0 aliphatic carbocycles. The normalized spacial score (nSPS) is 17.7. The number of thiophene rings is 1. The molecule has 11 heteroatoms. The Hall–Kier alpha value is -2.76. The smallest absolute Gasteiger partial charge is 0.339 e. The quantitative estimate of drug-likeness (QED) is 0.412. The first-order valence-electron chi connectivity index (χ1n) is 12.7. The first kappa shape index (κ1) is 26.8. The van der Waals surface area contributed by atoms with Gasteiger partial charge < -0.3 is 9.80 Å². The number of nitrogens with zero attached hydrogens (tertiary/aromatic N) is 4. The molecule has 0 radical (unpaired) electrons. The summed E-state index contributed by atoms with van der Waals surface area (Å²) in [5, 5.41) is 4.75. The minimum Gasteiger partial charge on any atom is -0.339 e. The zero-order chi connectivity index (χ0) is 26.7. The van der Waals surface area contributed by atoms with Gasteiger partial charge in [0, 0.05) is 62.0 Å². The number of carbonyl (C=O) groups excluding carboxylic acids is 2. The highest BCUT2D eigenvalue weighted by molar-refractivity contribution is 7.10. The van der Waals surface area contributed by atoms with Gasteiger partial charge in [-0.3, -0.25) is 14.5 Å². The fourth-order valence-corrected chi connectivity index (χ4v) is 6.71. The van der Waals surface area contributed by atoms with Crippen LogP contribution >= 0.6 is 22.7 Å². The minimum absolute atomic E-state index is 0.0539. The first-order valence-corrected chi connectivity index (χ1v) is 14.5. The molecule has 0 spiro atoms. The van der Waals surface area contributed by atoms with Crippen molar-refractivity contribution in [2.24, 2.45) is 0 Å². The van der Waals surface area contributed by atoms with Gasteiger partial charge in [0.05, 0.1) is 16.1 Å². The fourth-order valence-electron chi connectivity index (χ4n) is 5.05. The van der Waals surface area contributed by atoms with Crippen molar-refractivity contribution in [1.29, 1.82) is 0 Å². The van der Waals surface area contributed by atoms with Crippen molar-refractivity contribution in [2.45, 2.75) is 31.4 Å². The number of hydrogen-bond acceptors (Lipinski definition) is 6. The van der Waals surface area contributed by atoms with Crippen LogP contribution in [-0.2, 0) is 12.6 Å². The van der Waals surface area contributed by atoms with Crippen LogP contribution in [-0.4, -0.2) is 77.3 Å². The Morgan fingerprint density at radius 1 is 0.895 bits per heavy atom. The Morgan fingerprint density at radius 2 is 1.61 bits per heavy atom. The second kappa shape index (κ2) is 11.5. The van der Waals surface area contributed by atoms with Gasteiger partial charge in [-0.2, -0.15) is 13.2 Å². The zero-order valence-electron chi connectivity index (χ0n) is 20.8. The monoisotopic (exact) mass is 562 g/mol. The van der Waals surface area contributed by atoms with E-state index in [-0.39, 0.29) is 17.4 Å². The Morgan fingerprint density at radius 3 is 2.29 bits per heavy atom. The summed E-state index contributed by atoms with van der Waals surface area (Å²) in [7, 11) is 0. The second-order valence-electron chi connectivity index (χ2n) is 9.64. The summed E-state index contributed by atoms with van der Waals surface area (Å²) in [6.45, 7) is 4.74. The molecule has 3 aromatic rings. The number of hydrogen-bond donors (Lipinski definition) is 0. The van der Waals surface area contributed by atoms with Gasteiger partial charge in [-0.1, -0.05) is 18.2 Å². The maximum absolute atomic E-state index is 13.4. The average Bonchev–Trinajstić information content (AvgIpc) is 3.64. The Balaban J connectivity index is 1.12. The predicted molar refractivity (Wildman–Crippen MR) is 142 cm³/mol.